The third-order valence-corrected chi connectivity index (χ3v) is 12.9. The number of alkyl carbamates (subject to hydrolysis) is 1. The van der Waals surface area contributed by atoms with E-state index in [2.05, 4.69) is 35.1 Å². The molecule has 11 N–H and O–H groups in total. The van der Waals surface area contributed by atoms with Crippen molar-refractivity contribution in [3.8, 4) is 0 Å². The maximum Gasteiger partial charge on any atom is 0.472 e. The molecule has 31 heteroatoms. The second-order valence-electron chi connectivity index (χ2n) is 16.8. The molecule has 2 amide bonds. The van der Waals surface area contributed by atoms with Gasteiger partial charge in [0.2, 0.25) is 5.91 Å². The SMILES string of the molecule is Nc1ccn([C@@H]2O[C@H](COP(=O)(O)O)[C@@H](OP(=O)(O)OC[C@H]3O[C@@H](n4cnc5c(N)ncnc54)[C@H](O)[C@@H]3OC(=O)[C@H](Cc3ccccc3)NC(=O)OCc3ccc(NC(=O)Cc4ccc(F)cc4)cc3)[C@H]2O)c(=O)n1. The first kappa shape index (κ1) is 54.2. The number of nitrogen functional groups attached to an aromatic ring is 2. The summed E-state index contributed by atoms with van der Waals surface area (Å²) in [5.41, 5.74) is 12.7. The number of benzene rings is 3. The number of hydrogen-bond acceptors (Lipinski definition) is 21. The number of amides is 2. The number of rotatable bonds is 20. The predicted octanol–water partition coefficient (Wildman–Crippen LogP) is 1.15. The average molecular weight is 1080 g/mol. The van der Waals surface area contributed by atoms with Crippen LogP contribution in [-0.2, 0) is 70.7 Å². The molecule has 2 saturated heterocycles. The fourth-order valence-electron chi connectivity index (χ4n) is 7.91. The Morgan fingerprint density at radius 3 is 2.15 bits per heavy atom. The molecule has 0 aliphatic carbocycles. The van der Waals surface area contributed by atoms with Crippen molar-refractivity contribution < 1.29 is 85.3 Å². The van der Waals surface area contributed by atoms with E-state index < -0.39 is 108 Å². The van der Waals surface area contributed by atoms with Gasteiger partial charge < -0.3 is 65.9 Å². The second-order valence-corrected chi connectivity index (χ2v) is 19.4. The van der Waals surface area contributed by atoms with Crippen LogP contribution in [0.4, 0.5) is 26.5 Å². The summed E-state index contributed by atoms with van der Waals surface area (Å²) in [5.74, 6) is -2.19. The summed E-state index contributed by atoms with van der Waals surface area (Å²) in [5, 5.41) is 28.3. The highest BCUT2D eigenvalue weighted by Crippen LogP contribution is 2.50. The molecule has 28 nitrogen and oxygen atoms in total. The Morgan fingerprint density at radius 1 is 0.800 bits per heavy atom. The van der Waals surface area contributed by atoms with Gasteiger partial charge in [-0.3, -0.25) is 27.5 Å². The first-order valence-electron chi connectivity index (χ1n) is 22.3. The molecule has 5 heterocycles. The number of aliphatic hydroxyl groups excluding tert-OH is 2. The van der Waals surface area contributed by atoms with E-state index in [0.717, 1.165) is 23.2 Å². The third-order valence-electron chi connectivity index (χ3n) is 11.5. The summed E-state index contributed by atoms with van der Waals surface area (Å²) < 4.78 is 78.6. The number of carbonyl (C=O) groups excluding carboxylic acids is 3. The molecular weight excluding hydrogens is 1040 g/mol. The molecule has 0 saturated carbocycles. The molecule has 0 radical (unpaired) electrons. The summed E-state index contributed by atoms with van der Waals surface area (Å²) in [6.07, 6.45) is -12.3. The van der Waals surface area contributed by atoms with Crippen molar-refractivity contribution in [3.63, 3.8) is 0 Å². The zero-order valence-corrected chi connectivity index (χ0v) is 40.5. The zero-order valence-electron chi connectivity index (χ0n) is 38.7. The van der Waals surface area contributed by atoms with Gasteiger partial charge in [-0.1, -0.05) is 54.6 Å². The maximum absolute atomic E-state index is 14.3. The quantitative estimate of drug-likeness (QED) is 0.0382. The fourth-order valence-corrected chi connectivity index (χ4v) is 9.22. The van der Waals surface area contributed by atoms with E-state index in [1.807, 2.05) is 0 Å². The van der Waals surface area contributed by atoms with Crippen molar-refractivity contribution >= 4 is 62.1 Å². The molecule has 10 atom stereocenters. The highest BCUT2D eigenvalue weighted by Gasteiger charge is 2.52. The van der Waals surface area contributed by atoms with Crippen LogP contribution in [0.25, 0.3) is 11.2 Å². The van der Waals surface area contributed by atoms with Crippen LogP contribution in [0.15, 0.2) is 109 Å². The lowest BCUT2D eigenvalue weighted by Gasteiger charge is -2.26. The van der Waals surface area contributed by atoms with E-state index in [-0.39, 0.29) is 48.2 Å². The first-order valence-corrected chi connectivity index (χ1v) is 25.3. The molecule has 2 fully saturated rings. The van der Waals surface area contributed by atoms with E-state index >= 15 is 0 Å². The number of aromatic nitrogens is 6. The van der Waals surface area contributed by atoms with E-state index in [4.69, 9.17) is 39.5 Å². The van der Waals surface area contributed by atoms with Crippen molar-refractivity contribution in [1.82, 2.24) is 34.4 Å². The number of fused-ring (bicyclic) bond motifs is 1. The van der Waals surface area contributed by atoms with Crippen LogP contribution < -0.4 is 27.8 Å². The lowest BCUT2D eigenvalue weighted by atomic mass is 10.1. The number of nitrogens with one attached hydrogen (secondary N) is 2. The minimum Gasteiger partial charge on any atom is -0.455 e. The Balaban J connectivity index is 0.976. The Morgan fingerprint density at radius 2 is 1.45 bits per heavy atom. The number of ether oxygens (including phenoxy) is 4. The van der Waals surface area contributed by atoms with E-state index in [9.17, 15) is 57.6 Å². The number of imidazole rings is 1. The zero-order chi connectivity index (χ0) is 53.6. The van der Waals surface area contributed by atoms with Gasteiger partial charge in [0.05, 0.1) is 26.0 Å². The number of carbonyl (C=O) groups is 3. The average Bonchev–Trinajstić information content (AvgIpc) is 4.03. The molecule has 2 aliphatic heterocycles. The topological polar surface area (TPSA) is 406 Å². The van der Waals surface area contributed by atoms with E-state index in [1.165, 1.54) is 35.2 Å². The van der Waals surface area contributed by atoms with Crippen molar-refractivity contribution in [2.45, 2.75) is 74.6 Å². The van der Waals surface area contributed by atoms with Crippen LogP contribution in [-0.4, -0.2) is 128 Å². The molecule has 75 heavy (non-hydrogen) atoms. The minimum absolute atomic E-state index is 0.00345. The van der Waals surface area contributed by atoms with Gasteiger partial charge in [0.25, 0.3) is 0 Å². The van der Waals surface area contributed by atoms with Crippen molar-refractivity contribution in [2.75, 3.05) is 30.0 Å². The normalized spacial score (nSPS) is 22.8. The Hall–Kier alpha value is -7.11. The number of hydrogen-bond donors (Lipinski definition) is 9. The molecule has 1 unspecified atom stereocenters. The summed E-state index contributed by atoms with van der Waals surface area (Å²) in [6.45, 7) is -2.38. The lowest BCUT2D eigenvalue weighted by Crippen LogP contribution is -2.47. The van der Waals surface area contributed by atoms with Gasteiger partial charge in [0.15, 0.2) is 30.0 Å². The first-order chi connectivity index (χ1) is 35.7. The van der Waals surface area contributed by atoms with Crippen molar-refractivity contribution in [3.05, 3.63) is 137 Å². The number of nitrogens with zero attached hydrogens (tertiary/aromatic N) is 6. The molecule has 6 aromatic rings. The Labute approximate surface area is 422 Å². The molecule has 8 rings (SSSR count). The van der Waals surface area contributed by atoms with Gasteiger partial charge in [-0.2, -0.15) is 4.98 Å². The number of anilines is 3. The van der Waals surface area contributed by atoms with Crippen LogP contribution in [0.1, 0.15) is 29.1 Å². The lowest BCUT2D eigenvalue weighted by molar-refractivity contribution is -0.159. The molecule has 3 aromatic heterocycles. The number of esters is 1. The molecule has 3 aromatic carbocycles. The summed E-state index contributed by atoms with van der Waals surface area (Å²) in [6, 6.07) is 19.8. The molecule has 2 aliphatic rings. The Bertz CT molecular complexity index is 3150. The number of nitrogens with two attached hydrogens (primary N) is 2. The third kappa shape index (κ3) is 13.8. The highest BCUT2D eigenvalue weighted by molar-refractivity contribution is 7.47. The molecule has 0 bridgehead atoms. The van der Waals surface area contributed by atoms with Crippen molar-refractivity contribution in [2.24, 2.45) is 0 Å². The van der Waals surface area contributed by atoms with Crippen LogP contribution in [0.5, 0.6) is 0 Å². The predicted molar refractivity (Wildman–Crippen MR) is 253 cm³/mol. The molecule has 398 valence electrons. The Kier molecular flexibility index (Phi) is 16.8. The number of phosphoric acid groups is 2. The van der Waals surface area contributed by atoms with Crippen LogP contribution >= 0.6 is 15.6 Å². The van der Waals surface area contributed by atoms with E-state index in [1.54, 1.807) is 54.6 Å². The summed E-state index contributed by atoms with van der Waals surface area (Å²) in [7, 11) is -10.7. The monoisotopic (exact) mass is 1080 g/mol. The summed E-state index contributed by atoms with van der Waals surface area (Å²) >= 11 is 0. The molecule has 0 spiro atoms. The van der Waals surface area contributed by atoms with Gasteiger partial charge in [-0.15, -0.1) is 0 Å². The van der Waals surface area contributed by atoms with E-state index in [0.29, 0.717) is 22.4 Å². The second kappa shape index (κ2) is 23.2. The standard InChI is InChI=1S/C44H47FN10O18P2/c45-26-10-6-24(7-11-26)17-32(56)51-27-12-8-25(9-13-27)18-67-44(61)52-28(16-23-4-2-1-3-5-23)42(59)72-36-29(70-41(34(36)57)55-22-50-33-38(47)48-21-49-39(33)55)20-69-75(65,66)73-37-30(19-68-74(62,63)64)71-40(35(37)58)54-15-14-31(46)53-43(54)60/h1-15,21-22,28-30,34-37,40-41,57-58H,16-20H2,(H,51,56)(H,52,61)(H,65,66)(H2,46,53,60)(H2,47,48,49)(H2,62,63,64)/t28-,29+,30+,34+,35+,36+,37+,40+,41+/m0/s1. The van der Waals surface area contributed by atoms with Crippen molar-refractivity contribution in [1.29, 1.82) is 0 Å². The number of halogens is 1. The smallest absolute Gasteiger partial charge is 0.455 e. The number of phosphoric ester groups is 2. The maximum atomic E-state index is 14.3. The number of aliphatic hydroxyl groups is 2. The van der Waals surface area contributed by atoms with Gasteiger partial charge in [0, 0.05) is 18.3 Å². The van der Waals surface area contributed by atoms with Crippen LogP contribution in [0.2, 0.25) is 0 Å². The molecular formula is C44H47FN10O18P2. The van der Waals surface area contributed by atoms with Gasteiger partial charge in [-0.05, 0) is 47.0 Å². The highest BCUT2D eigenvalue weighted by atomic mass is 31.2. The van der Waals surface area contributed by atoms with Gasteiger partial charge in [-0.25, -0.2) is 42.9 Å². The minimum atomic E-state index is -5.49. The van der Waals surface area contributed by atoms with Crippen LogP contribution in [0.3, 0.4) is 0 Å². The van der Waals surface area contributed by atoms with Crippen LogP contribution in [0, 0.1) is 5.82 Å². The summed E-state index contributed by atoms with van der Waals surface area (Å²) in [4.78, 5) is 98.4. The fraction of sp³-hybridized carbons (Fsp3) is 0.318. The van der Waals surface area contributed by atoms with Gasteiger partial charge >= 0.3 is 33.4 Å². The largest absolute Gasteiger partial charge is 0.472 e. The van der Waals surface area contributed by atoms with Gasteiger partial charge in [0.1, 0.15) is 66.6 Å².